The molecule has 1 aliphatic heterocycles. The van der Waals surface area contributed by atoms with Gasteiger partial charge in [0.2, 0.25) is 5.91 Å². The molecule has 1 atom stereocenters. The second-order valence-electron chi connectivity index (χ2n) is 7.76. The van der Waals surface area contributed by atoms with Gasteiger partial charge in [0.25, 0.3) is 5.91 Å². The van der Waals surface area contributed by atoms with Crippen molar-refractivity contribution in [3.63, 3.8) is 0 Å². The van der Waals surface area contributed by atoms with Crippen molar-refractivity contribution < 1.29 is 18.4 Å². The highest BCUT2D eigenvalue weighted by molar-refractivity contribution is 7.10. The minimum absolute atomic E-state index is 0.0854. The van der Waals surface area contributed by atoms with E-state index in [2.05, 4.69) is 5.32 Å². The summed E-state index contributed by atoms with van der Waals surface area (Å²) in [5, 5.41) is 5.07. The highest BCUT2D eigenvalue weighted by atomic mass is 35.5. The Morgan fingerprint density at radius 1 is 1.00 bits per heavy atom. The fourth-order valence-corrected chi connectivity index (χ4v) is 4.83. The molecule has 2 aromatic carbocycles. The number of rotatable bonds is 6. The van der Waals surface area contributed by atoms with Crippen LogP contribution in [0.15, 0.2) is 60.0 Å². The third-order valence-electron chi connectivity index (χ3n) is 5.52. The summed E-state index contributed by atoms with van der Waals surface area (Å²) >= 11 is 7.54. The Morgan fingerprint density at radius 3 is 2.33 bits per heavy atom. The highest BCUT2D eigenvalue weighted by Crippen LogP contribution is 2.26. The van der Waals surface area contributed by atoms with Crippen molar-refractivity contribution in [2.45, 2.75) is 6.04 Å². The molecule has 0 radical (unpaired) electrons. The molecule has 5 nitrogen and oxygen atoms in total. The monoisotopic (exact) mass is 489 g/mol. The van der Waals surface area contributed by atoms with Crippen molar-refractivity contribution in [3.05, 3.63) is 92.6 Å². The van der Waals surface area contributed by atoms with E-state index in [-0.39, 0.29) is 40.8 Å². The predicted molar refractivity (Wildman–Crippen MR) is 124 cm³/mol. The van der Waals surface area contributed by atoms with Crippen LogP contribution in [0.4, 0.5) is 8.78 Å². The lowest BCUT2D eigenvalue weighted by Crippen LogP contribution is -2.51. The SMILES string of the molecule is O=C(CN1CCN(C(=O)c2ccc(F)cc2Cl)CC1)NC(c1ccc(F)cc1)c1cccs1. The van der Waals surface area contributed by atoms with Gasteiger partial charge >= 0.3 is 0 Å². The van der Waals surface area contributed by atoms with Crippen LogP contribution >= 0.6 is 22.9 Å². The molecule has 0 saturated carbocycles. The lowest BCUT2D eigenvalue weighted by atomic mass is 10.1. The van der Waals surface area contributed by atoms with Crippen molar-refractivity contribution in [3.8, 4) is 0 Å². The molecule has 1 N–H and O–H groups in total. The molecule has 1 unspecified atom stereocenters. The van der Waals surface area contributed by atoms with E-state index in [1.54, 1.807) is 17.0 Å². The standard InChI is InChI=1S/C24H22ClF2N3O2S/c25-20-14-18(27)7-8-19(20)24(32)30-11-9-29(10-12-30)15-22(31)28-23(21-2-1-13-33-21)16-3-5-17(26)6-4-16/h1-8,13-14,23H,9-12,15H2,(H,28,31). The number of thiophene rings is 1. The quantitative estimate of drug-likeness (QED) is 0.560. The van der Waals surface area contributed by atoms with E-state index in [0.717, 1.165) is 16.5 Å². The van der Waals surface area contributed by atoms with E-state index in [1.807, 2.05) is 22.4 Å². The molecular formula is C24H22ClF2N3O2S. The van der Waals surface area contributed by atoms with Crippen LogP contribution in [0.2, 0.25) is 5.02 Å². The maximum Gasteiger partial charge on any atom is 0.255 e. The number of carbonyl (C=O) groups excluding carboxylic acids is 2. The van der Waals surface area contributed by atoms with Gasteiger partial charge in [0.15, 0.2) is 0 Å². The van der Waals surface area contributed by atoms with Gasteiger partial charge in [-0.25, -0.2) is 8.78 Å². The molecular weight excluding hydrogens is 468 g/mol. The van der Waals surface area contributed by atoms with Crippen LogP contribution in [0.1, 0.15) is 26.8 Å². The van der Waals surface area contributed by atoms with Gasteiger partial charge in [-0.15, -0.1) is 11.3 Å². The van der Waals surface area contributed by atoms with Gasteiger partial charge in [0.1, 0.15) is 11.6 Å². The summed E-state index contributed by atoms with van der Waals surface area (Å²) in [7, 11) is 0. The van der Waals surface area contributed by atoms with E-state index in [0.29, 0.717) is 26.2 Å². The topological polar surface area (TPSA) is 52.7 Å². The molecule has 1 aromatic heterocycles. The first-order valence-electron chi connectivity index (χ1n) is 10.5. The summed E-state index contributed by atoms with van der Waals surface area (Å²) in [6.07, 6.45) is 0. The van der Waals surface area contributed by atoms with Gasteiger partial charge in [-0.2, -0.15) is 0 Å². The third kappa shape index (κ3) is 5.76. The zero-order chi connectivity index (χ0) is 23.4. The Bertz CT molecular complexity index is 1120. The number of benzene rings is 2. The second kappa shape index (κ2) is 10.4. The Kier molecular flexibility index (Phi) is 7.37. The highest BCUT2D eigenvalue weighted by Gasteiger charge is 2.26. The molecule has 0 aliphatic carbocycles. The summed E-state index contributed by atoms with van der Waals surface area (Å²) in [5.41, 5.74) is 1.07. The summed E-state index contributed by atoms with van der Waals surface area (Å²) < 4.78 is 26.6. The maximum absolute atomic E-state index is 13.4. The Balaban J connectivity index is 1.34. The van der Waals surface area contributed by atoms with Gasteiger partial charge < -0.3 is 10.2 Å². The lowest BCUT2D eigenvalue weighted by Gasteiger charge is -2.34. The molecule has 9 heteroatoms. The van der Waals surface area contributed by atoms with E-state index in [4.69, 9.17) is 11.6 Å². The minimum Gasteiger partial charge on any atom is -0.343 e. The number of amides is 2. The van der Waals surface area contributed by atoms with Gasteiger partial charge in [-0.3, -0.25) is 14.5 Å². The van der Waals surface area contributed by atoms with Crippen molar-refractivity contribution in [2.75, 3.05) is 32.7 Å². The summed E-state index contributed by atoms with van der Waals surface area (Å²) in [6.45, 7) is 2.11. The van der Waals surface area contributed by atoms with Crippen molar-refractivity contribution in [1.29, 1.82) is 0 Å². The summed E-state index contributed by atoms with van der Waals surface area (Å²) in [6, 6.07) is 13.3. The summed E-state index contributed by atoms with van der Waals surface area (Å²) in [5.74, 6) is -1.23. The average Bonchev–Trinajstić information content (AvgIpc) is 3.33. The van der Waals surface area contributed by atoms with Crippen LogP contribution in [-0.2, 0) is 4.79 Å². The Morgan fingerprint density at radius 2 is 1.70 bits per heavy atom. The van der Waals surface area contributed by atoms with Crippen LogP contribution in [0.3, 0.4) is 0 Å². The van der Waals surface area contributed by atoms with Crippen molar-refractivity contribution >= 4 is 34.8 Å². The molecule has 33 heavy (non-hydrogen) atoms. The number of hydrogen-bond acceptors (Lipinski definition) is 4. The molecule has 4 rings (SSSR count). The van der Waals surface area contributed by atoms with Crippen LogP contribution in [0.5, 0.6) is 0 Å². The number of carbonyl (C=O) groups is 2. The predicted octanol–water partition coefficient (Wildman–Crippen LogP) is 4.34. The lowest BCUT2D eigenvalue weighted by molar-refractivity contribution is -0.123. The first-order valence-corrected chi connectivity index (χ1v) is 11.7. The first-order chi connectivity index (χ1) is 15.9. The molecule has 172 valence electrons. The normalized spacial score (nSPS) is 15.3. The third-order valence-corrected chi connectivity index (χ3v) is 6.77. The smallest absolute Gasteiger partial charge is 0.255 e. The van der Waals surface area contributed by atoms with E-state index < -0.39 is 5.82 Å². The van der Waals surface area contributed by atoms with Crippen molar-refractivity contribution in [2.24, 2.45) is 0 Å². The molecule has 1 saturated heterocycles. The number of nitrogens with zero attached hydrogens (tertiary/aromatic N) is 2. The molecule has 0 spiro atoms. The van der Waals surface area contributed by atoms with Gasteiger partial charge in [-0.05, 0) is 47.3 Å². The van der Waals surface area contributed by atoms with Crippen LogP contribution in [0, 0.1) is 11.6 Å². The first kappa shape index (κ1) is 23.4. The Labute approximate surface area is 199 Å². The Hall–Kier alpha value is -2.81. The average molecular weight is 490 g/mol. The zero-order valence-electron chi connectivity index (χ0n) is 17.6. The molecule has 0 bridgehead atoms. The fraction of sp³-hybridized carbons (Fsp3) is 0.250. The molecule has 1 fully saturated rings. The largest absolute Gasteiger partial charge is 0.343 e. The van der Waals surface area contributed by atoms with Crippen LogP contribution in [-0.4, -0.2) is 54.3 Å². The number of hydrogen-bond donors (Lipinski definition) is 1. The van der Waals surface area contributed by atoms with Gasteiger partial charge in [0.05, 0.1) is 23.2 Å². The van der Waals surface area contributed by atoms with Crippen molar-refractivity contribution in [1.82, 2.24) is 15.1 Å². The number of piperazine rings is 1. The fourth-order valence-electron chi connectivity index (χ4n) is 3.78. The summed E-state index contributed by atoms with van der Waals surface area (Å²) in [4.78, 5) is 30.1. The van der Waals surface area contributed by atoms with Gasteiger partial charge in [0, 0.05) is 31.1 Å². The maximum atomic E-state index is 13.4. The van der Waals surface area contributed by atoms with Crippen LogP contribution < -0.4 is 5.32 Å². The van der Waals surface area contributed by atoms with Gasteiger partial charge in [-0.1, -0.05) is 29.8 Å². The second-order valence-corrected chi connectivity index (χ2v) is 9.15. The molecule has 2 amide bonds. The van der Waals surface area contributed by atoms with E-state index >= 15 is 0 Å². The zero-order valence-corrected chi connectivity index (χ0v) is 19.2. The molecule has 3 aromatic rings. The van der Waals surface area contributed by atoms with Crippen LogP contribution in [0.25, 0.3) is 0 Å². The van der Waals surface area contributed by atoms with E-state index in [1.165, 1.54) is 35.6 Å². The molecule has 2 heterocycles. The number of halogens is 3. The van der Waals surface area contributed by atoms with E-state index in [9.17, 15) is 18.4 Å². The minimum atomic E-state index is -0.492. The number of nitrogens with one attached hydrogen (secondary N) is 1. The molecule has 1 aliphatic rings.